The van der Waals surface area contributed by atoms with Crippen molar-refractivity contribution < 1.29 is 57.1 Å². The maximum absolute atomic E-state index is 13.6. The van der Waals surface area contributed by atoms with Gasteiger partial charge in [-0.3, -0.25) is 15.1 Å². The molecule has 0 spiro atoms. The van der Waals surface area contributed by atoms with Crippen LogP contribution >= 0.6 is 0 Å². The van der Waals surface area contributed by atoms with E-state index in [2.05, 4.69) is 0 Å². The Hall–Kier alpha value is -1.65. The fourth-order valence-electron chi connectivity index (χ4n) is 2.42. The van der Waals surface area contributed by atoms with Gasteiger partial charge in [0.1, 0.15) is 6.54 Å². The highest BCUT2D eigenvalue weighted by atomic mass is 79.9. The van der Waals surface area contributed by atoms with Gasteiger partial charge in [0, 0.05) is 11.1 Å². The Balaban J connectivity index is 0.00000338. The summed E-state index contributed by atoms with van der Waals surface area (Å²) in [7, 11) is 0. The molecule has 0 bridgehead atoms. The fraction of sp³-hybridized carbons (Fsp3) is 0.467. The molecule has 0 aromatic heterocycles. The molecule has 0 fully saturated rings. The normalized spacial score (nSPS) is 15.8. The molecule has 0 saturated heterocycles. The first-order chi connectivity index (χ1) is 11.4. The van der Waals surface area contributed by atoms with Gasteiger partial charge in [0.25, 0.3) is 0 Å². The van der Waals surface area contributed by atoms with Crippen LogP contribution < -0.4 is 22.7 Å². The highest BCUT2D eigenvalue weighted by Crippen LogP contribution is 2.51. The number of amidine groups is 1. The van der Waals surface area contributed by atoms with Crippen molar-refractivity contribution in [3.63, 3.8) is 0 Å². The van der Waals surface area contributed by atoms with Crippen molar-refractivity contribution in [1.29, 1.82) is 0 Å². The zero-order chi connectivity index (χ0) is 19.0. The van der Waals surface area contributed by atoms with E-state index in [-0.39, 0.29) is 29.1 Å². The van der Waals surface area contributed by atoms with Crippen LogP contribution in [-0.4, -0.2) is 41.4 Å². The van der Waals surface area contributed by atoms with Crippen molar-refractivity contribution in [3.05, 3.63) is 35.4 Å². The summed E-state index contributed by atoms with van der Waals surface area (Å²) in [4.78, 5) is 12.0. The van der Waals surface area contributed by atoms with Crippen LogP contribution in [-0.2, 0) is 5.92 Å². The molecule has 1 aromatic rings. The van der Waals surface area contributed by atoms with Crippen molar-refractivity contribution in [3.8, 4) is 0 Å². The largest absolute Gasteiger partial charge is 1.00 e. The van der Waals surface area contributed by atoms with Gasteiger partial charge in [-0.05, 0) is 6.42 Å². The van der Waals surface area contributed by atoms with E-state index in [1.807, 2.05) is 0 Å². The molecule has 0 unspecified atom stereocenters. The molecule has 146 valence electrons. The van der Waals surface area contributed by atoms with Crippen LogP contribution in [0.1, 0.15) is 28.8 Å². The molecule has 1 aliphatic rings. The third-order valence-electron chi connectivity index (χ3n) is 3.92. The van der Waals surface area contributed by atoms with Crippen molar-refractivity contribution in [1.82, 2.24) is 0 Å². The first-order valence-corrected chi connectivity index (χ1v) is 7.20. The molecule has 0 amide bonds. The van der Waals surface area contributed by atoms with Crippen LogP contribution in [0.15, 0.2) is 24.3 Å². The minimum atomic E-state index is -6.41. The minimum Gasteiger partial charge on any atom is -1.00 e. The van der Waals surface area contributed by atoms with Gasteiger partial charge < -0.3 is 17.0 Å². The molecule has 26 heavy (non-hydrogen) atoms. The molecule has 1 aromatic carbocycles. The highest BCUT2D eigenvalue weighted by molar-refractivity contribution is 5.97. The molecular formula is C15H14BrF7N2O. The summed E-state index contributed by atoms with van der Waals surface area (Å²) in [6.07, 6.45) is -5.03. The SMILES string of the molecule is NC1=[N+](CC(=O)c2ccc(C(F)(F)C(F)(F)C(F)(F)F)cc2)CCC1.[Br-]. The number of Topliss-reactive ketones (excluding diaryl/α,β-unsaturated/α-hetero) is 1. The lowest BCUT2D eigenvalue weighted by Gasteiger charge is -2.28. The third kappa shape index (κ3) is 4.02. The number of halogens is 8. The summed E-state index contributed by atoms with van der Waals surface area (Å²) in [5.74, 6) is -11.7. The van der Waals surface area contributed by atoms with E-state index in [0.29, 0.717) is 30.9 Å². The second kappa shape index (κ2) is 7.53. The van der Waals surface area contributed by atoms with E-state index >= 15 is 0 Å². The molecule has 2 N–H and O–H groups in total. The predicted octanol–water partition coefficient (Wildman–Crippen LogP) is 0.326. The Kier molecular flexibility index (Phi) is 6.49. The van der Waals surface area contributed by atoms with E-state index in [1.165, 1.54) is 0 Å². The summed E-state index contributed by atoms with van der Waals surface area (Å²) >= 11 is 0. The highest BCUT2D eigenvalue weighted by Gasteiger charge is 2.73. The summed E-state index contributed by atoms with van der Waals surface area (Å²) in [6, 6.07) is 2.38. The smallest absolute Gasteiger partial charge is 0.460 e. The van der Waals surface area contributed by atoms with Gasteiger partial charge in [-0.1, -0.05) is 24.3 Å². The van der Waals surface area contributed by atoms with Crippen molar-refractivity contribution in [2.75, 3.05) is 13.1 Å². The number of ketones is 1. The van der Waals surface area contributed by atoms with Crippen molar-refractivity contribution >= 4 is 11.6 Å². The van der Waals surface area contributed by atoms with Crippen molar-refractivity contribution in [2.45, 2.75) is 30.9 Å². The average Bonchev–Trinajstić information content (AvgIpc) is 2.91. The van der Waals surface area contributed by atoms with Gasteiger partial charge in [0.05, 0.1) is 13.0 Å². The molecule has 1 aliphatic heterocycles. The Bertz CT molecular complexity index is 699. The second-order valence-electron chi connectivity index (χ2n) is 5.66. The third-order valence-corrected chi connectivity index (χ3v) is 3.92. The molecule has 0 aliphatic carbocycles. The lowest BCUT2D eigenvalue weighted by Crippen LogP contribution is -3.00. The number of hydrogen-bond donors (Lipinski definition) is 1. The van der Waals surface area contributed by atoms with E-state index in [9.17, 15) is 35.5 Å². The number of alkyl halides is 7. The number of rotatable bonds is 5. The Labute approximate surface area is 154 Å². The molecular weight excluding hydrogens is 437 g/mol. The Morgan fingerprint density at radius 2 is 1.58 bits per heavy atom. The van der Waals surface area contributed by atoms with Crippen LogP contribution in [0, 0.1) is 0 Å². The summed E-state index contributed by atoms with van der Waals surface area (Å²) < 4.78 is 91.3. The molecule has 0 atom stereocenters. The van der Waals surface area contributed by atoms with Gasteiger partial charge in [-0.15, -0.1) is 0 Å². The van der Waals surface area contributed by atoms with Crippen LogP contribution in [0.4, 0.5) is 30.7 Å². The van der Waals surface area contributed by atoms with E-state index in [1.54, 1.807) is 4.58 Å². The molecule has 0 saturated carbocycles. The number of nitrogens with two attached hydrogens (primary N) is 1. The molecule has 3 nitrogen and oxygen atoms in total. The molecule has 11 heteroatoms. The number of hydrogen-bond acceptors (Lipinski definition) is 2. The van der Waals surface area contributed by atoms with Crippen LogP contribution in [0.25, 0.3) is 0 Å². The van der Waals surface area contributed by atoms with E-state index < -0.39 is 29.4 Å². The van der Waals surface area contributed by atoms with Gasteiger partial charge in [-0.2, -0.15) is 30.7 Å². The topological polar surface area (TPSA) is 46.1 Å². The Morgan fingerprint density at radius 1 is 1.04 bits per heavy atom. The maximum atomic E-state index is 13.6. The van der Waals surface area contributed by atoms with Gasteiger partial charge in [0.2, 0.25) is 11.6 Å². The zero-order valence-electron chi connectivity index (χ0n) is 13.1. The van der Waals surface area contributed by atoms with Crippen molar-refractivity contribution in [2.24, 2.45) is 5.73 Å². The first-order valence-electron chi connectivity index (χ1n) is 7.20. The van der Waals surface area contributed by atoms with Gasteiger partial charge in [0.15, 0.2) is 0 Å². The number of carbonyl (C=O) groups excluding carboxylic acids is 1. The Morgan fingerprint density at radius 3 is 2.00 bits per heavy atom. The van der Waals surface area contributed by atoms with Crippen LogP contribution in [0.5, 0.6) is 0 Å². The van der Waals surface area contributed by atoms with Crippen LogP contribution in [0.3, 0.4) is 0 Å². The summed E-state index contributed by atoms with van der Waals surface area (Å²) in [5, 5.41) is 0. The zero-order valence-corrected chi connectivity index (χ0v) is 14.7. The molecule has 2 rings (SSSR count). The minimum absolute atomic E-state index is 0. The summed E-state index contributed by atoms with van der Waals surface area (Å²) in [6.45, 7) is 0.422. The first kappa shape index (κ1) is 22.4. The average molecular weight is 451 g/mol. The number of nitrogens with zero attached hydrogens (tertiary/aromatic N) is 1. The van der Waals surface area contributed by atoms with E-state index in [0.717, 1.165) is 18.6 Å². The quantitative estimate of drug-likeness (QED) is 0.399. The molecule has 1 heterocycles. The number of benzene rings is 1. The van der Waals surface area contributed by atoms with E-state index in [4.69, 9.17) is 5.73 Å². The standard InChI is InChI=1S/C15H13F7N2O.BrH/c16-13(17,14(18,19)15(20,21)22)10-5-3-9(4-6-10)11(25)8-24-7-1-2-12(24)23;/h3-6,23H,1-2,7-8H2;1H. The monoisotopic (exact) mass is 450 g/mol. The lowest BCUT2D eigenvalue weighted by molar-refractivity contribution is -0.507. The molecule has 0 radical (unpaired) electrons. The fourth-order valence-corrected chi connectivity index (χ4v) is 2.42. The van der Waals surface area contributed by atoms with Crippen LogP contribution in [0.2, 0.25) is 0 Å². The van der Waals surface area contributed by atoms with Gasteiger partial charge >= 0.3 is 18.0 Å². The number of carbonyl (C=O) groups is 1. The predicted molar refractivity (Wildman–Crippen MR) is 74.1 cm³/mol. The lowest BCUT2D eigenvalue weighted by atomic mass is 9.99. The second-order valence-corrected chi connectivity index (χ2v) is 5.66. The maximum Gasteiger partial charge on any atom is 0.460 e. The van der Waals surface area contributed by atoms with Gasteiger partial charge in [-0.25, -0.2) is 0 Å². The summed E-state index contributed by atoms with van der Waals surface area (Å²) in [5.41, 5.74) is 4.06.